The number of benzene rings is 2. The van der Waals surface area contributed by atoms with Gasteiger partial charge in [0.05, 0.1) is 5.75 Å². The molecule has 0 spiro atoms. The van der Waals surface area contributed by atoms with Gasteiger partial charge in [-0.25, -0.2) is 0 Å². The van der Waals surface area contributed by atoms with Crippen LogP contribution in [0.2, 0.25) is 0 Å². The van der Waals surface area contributed by atoms with Gasteiger partial charge in [0.1, 0.15) is 0 Å². The monoisotopic (exact) mass is 402 g/mol. The molecule has 0 atom stereocenters. The van der Waals surface area contributed by atoms with Crippen LogP contribution in [0.1, 0.15) is 21.5 Å². The Balaban J connectivity index is 1.69. The van der Waals surface area contributed by atoms with Gasteiger partial charge in [0, 0.05) is 15.6 Å². The maximum Gasteiger partial charge on any atom is 0.277 e. The van der Waals surface area contributed by atoms with Crippen LogP contribution < -0.4 is 0 Å². The van der Waals surface area contributed by atoms with Gasteiger partial charge in [0.2, 0.25) is 5.89 Å². The van der Waals surface area contributed by atoms with E-state index in [1.54, 1.807) is 0 Å². The molecule has 0 bridgehead atoms. The van der Waals surface area contributed by atoms with Gasteiger partial charge in [-0.2, -0.15) is 0 Å². The van der Waals surface area contributed by atoms with E-state index in [4.69, 9.17) is 4.42 Å². The Morgan fingerprint density at radius 2 is 2.00 bits per heavy atom. The van der Waals surface area contributed by atoms with Gasteiger partial charge < -0.3 is 4.42 Å². The fourth-order valence-electron chi connectivity index (χ4n) is 2.25. The van der Waals surface area contributed by atoms with E-state index < -0.39 is 0 Å². The molecule has 0 fully saturated rings. The lowest BCUT2D eigenvalue weighted by atomic mass is 10.0. The largest absolute Gasteiger partial charge is 0.411 e. The first kappa shape index (κ1) is 16.9. The minimum atomic E-state index is 0.0587. The number of Topliss-reactive ketones (excluding diaryl/α,β-unsaturated/α-hetero) is 1. The van der Waals surface area contributed by atoms with Crippen LogP contribution in [-0.2, 0) is 0 Å². The number of carbonyl (C=O) groups is 1. The molecule has 0 aliphatic heterocycles. The van der Waals surface area contributed by atoms with Crippen LogP contribution >= 0.6 is 27.7 Å². The molecule has 1 heterocycles. The third-order valence-electron chi connectivity index (χ3n) is 3.50. The molecule has 1 aromatic heterocycles. The number of rotatable bonds is 5. The van der Waals surface area contributed by atoms with Gasteiger partial charge in [-0.05, 0) is 43.7 Å². The van der Waals surface area contributed by atoms with Crippen LogP contribution in [0.3, 0.4) is 0 Å². The number of ketones is 1. The molecule has 0 saturated carbocycles. The predicted molar refractivity (Wildman–Crippen MR) is 98.4 cm³/mol. The molecule has 3 rings (SSSR count). The summed E-state index contributed by atoms with van der Waals surface area (Å²) in [6.07, 6.45) is 0. The number of hydrogen-bond donors (Lipinski definition) is 0. The number of aromatic nitrogens is 2. The second kappa shape index (κ2) is 7.32. The molecule has 4 nitrogen and oxygen atoms in total. The van der Waals surface area contributed by atoms with Crippen LogP contribution in [0.25, 0.3) is 11.5 Å². The molecule has 0 N–H and O–H groups in total. The molecule has 122 valence electrons. The number of hydrogen-bond acceptors (Lipinski definition) is 5. The zero-order chi connectivity index (χ0) is 17.1. The van der Waals surface area contributed by atoms with Gasteiger partial charge in [-0.3, -0.25) is 4.79 Å². The summed E-state index contributed by atoms with van der Waals surface area (Å²) in [4.78, 5) is 12.4. The number of thioether (sulfide) groups is 1. The van der Waals surface area contributed by atoms with Gasteiger partial charge >= 0.3 is 0 Å². The first-order valence-corrected chi connectivity index (χ1v) is 9.13. The molecule has 0 aliphatic carbocycles. The number of halogens is 1. The highest BCUT2D eigenvalue weighted by Gasteiger charge is 2.14. The number of nitrogens with zero attached hydrogens (tertiary/aromatic N) is 2. The standard InChI is InChI=1S/C18H15BrN2O2S/c1-11-6-7-12(2)15(8-11)16(22)10-24-18-21-20-17(23-18)13-4-3-5-14(19)9-13/h3-9H,10H2,1-2H3. The first-order chi connectivity index (χ1) is 11.5. The van der Waals surface area contributed by atoms with E-state index in [1.165, 1.54) is 11.8 Å². The quantitative estimate of drug-likeness (QED) is 0.439. The van der Waals surface area contributed by atoms with Crippen molar-refractivity contribution in [2.75, 3.05) is 5.75 Å². The summed E-state index contributed by atoms with van der Waals surface area (Å²) in [6, 6.07) is 13.5. The summed E-state index contributed by atoms with van der Waals surface area (Å²) < 4.78 is 6.57. The maximum absolute atomic E-state index is 12.4. The SMILES string of the molecule is Cc1ccc(C)c(C(=O)CSc2nnc(-c3cccc(Br)c3)o2)c1. The zero-order valence-electron chi connectivity index (χ0n) is 13.2. The van der Waals surface area contributed by atoms with Crippen molar-refractivity contribution in [3.05, 3.63) is 63.6 Å². The van der Waals surface area contributed by atoms with Crippen molar-refractivity contribution in [2.24, 2.45) is 0 Å². The lowest BCUT2D eigenvalue weighted by Crippen LogP contribution is -2.05. The normalized spacial score (nSPS) is 10.8. The van der Waals surface area contributed by atoms with E-state index >= 15 is 0 Å². The zero-order valence-corrected chi connectivity index (χ0v) is 15.6. The third kappa shape index (κ3) is 3.94. The molecule has 6 heteroatoms. The maximum atomic E-state index is 12.4. The number of aryl methyl sites for hydroxylation is 2. The Labute approximate surface area is 152 Å². The van der Waals surface area contributed by atoms with Gasteiger partial charge in [-0.15, -0.1) is 10.2 Å². The van der Waals surface area contributed by atoms with Crippen LogP contribution in [0.15, 0.2) is 56.6 Å². The molecular formula is C18H15BrN2O2S. The van der Waals surface area contributed by atoms with Crippen molar-refractivity contribution < 1.29 is 9.21 Å². The molecule has 3 aromatic rings. The van der Waals surface area contributed by atoms with Crippen molar-refractivity contribution in [1.29, 1.82) is 0 Å². The Kier molecular flexibility index (Phi) is 5.16. The summed E-state index contributed by atoms with van der Waals surface area (Å²) in [5.41, 5.74) is 3.63. The molecule has 0 aliphatic rings. The molecule has 0 radical (unpaired) electrons. The van der Waals surface area contributed by atoms with Crippen molar-refractivity contribution >= 4 is 33.5 Å². The van der Waals surface area contributed by atoms with E-state index in [2.05, 4.69) is 26.1 Å². The topological polar surface area (TPSA) is 56.0 Å². The van der Waals surface area contributed by atoms with Crippen LogP contribution in [-0.4, -0.2) is 21.7 Å². The van der Waals surface area contributed by atoms with Crippen molar-refractivity contribution in [1.82, 2.24) is 10.2 Å². The molecule has 24 heavy (non-hydrogen) atoms. The summed E-state index contributed by atoms with van der Waals surface area (Å²) >= 11 is 4.67. The van der Waals surface area contributed by atoms with Crippen LogP contribution in [0, 0.1) is 13.8 Å². The van der Waals surface area contributed by atoms with E-state index in [9.17, 15) is 4.79 Å². The van der Waals surface area contributed by atoms with Crippen LogP contribution in [0.5, 0.6) is 0 Å². The Hall–Kier alpha value is -1.92. The molecular weight excluding hydrogens is 388 g/mol. The van der Waals surface area contributed by atoms with Gasteiger partial charge in [-0.1, -0.05) is 51.5 Å². The second-order valence-corrected chi connectivity index (χ2v) is 7.26. The van der Waals surface area contributed by atoms with E-state index in [1.807, 2.05) is 56.3 Å². The second-order valence-electron chi connectivity index (χ2n) is 5.41. The Morgan fingerprint density at radius 1 is 1.17 bits per heavy atom. The highest BCUT2D eigenvalue weighted by Crippen LogP contribution is 2.26. The van der Waals surface area contributed by atoms with E-state index in [0.29, 0.717) is 11.1 Å². The van der Waals surface area contributed by atoms with Gasteiger partial charge in [0.15, 0.2) is 5.78 Å². The molecule has 0 saturated heterocycles. The first-order valence-electron chi connectivity index (χ1n) is 7.35. The molecule has 0 amide bonds. The average molecular weight is 403 g/mol. The Morgan fingerprint density at radius 3 is 2.79 bits per heavy atom. The highest BCUT2D eigenvalue weighted by atomic mass is 79.9. The lowest BCUT2D eigenvalue weighted by Gasteiger charge is -2.04. The summed E-state index contributed by atoms with van der Waals surface area (Å²) in [7, 11) is 0. The van der Waals surface area contributed by atoms with E-state index in [0.717, 1.165) is 26.7 Å². The van der Waals surface area contributed by atoms with E-state index in [-0.39, 0.29) is 11.5 Å². The van der Waals surface area contributed by atoms with Gasteiger partial charge in [0.25, 0.3) is 5.22 Å². The Bertz CT molecular complexity index is 892. The lowest BCUT2D eigenvalue weighted by molar-refractivity contribution is 0.102. The fourth-order valence-corrected chi connectivity index (χ4v) is 3.29. The average Bonchev–Trinajstić information content (AvgIpc) is 3.04. The predicted octanol–water partition coefficient (Wildman–Crippen LogP) is 5.09. The van der Waals surface area contributed by atoms with Crippen molar-refractivity contribution in [2.45, 2.75) is 19.1 Å². The van der Waals surface area contributed by atoms with Crippen molar-refractivity contribution in [3.63, 3.8) is 0 Å². The third-order valence-corrected chi connectivity index (χ3v) is 4.81. The minimum Gasteiger partial charge on any atom is -0.411 e. The highest BCUT2D eigenvalue weighted by molar-refractivity contribution is 9.10. The van der Waals surface area contributed by atoms with Crippen molar-refractivity contribution in [3.8, 4) is 11.5 Å². The summed E-state index contributed by atoms with van der Waals surface area (Å²) in [5, 5.41) is 8.44. The molecule has 2 aromatic carbocycles. The summed E-state index contributed by atoms with van der Waals surface area (Å²) in [6.45, 7) is 3.92. The fraction of sp³-hybridized carbons (Fsp3) is 0.167. The smallest absolute Gasteiger partial charge is 0.277 e. The minimum absolute atomic E-state index is 0.0587. The summed E-state index contributed by atoms with van der Waals surface area (Å²) in [5.74, 6) is 0.770. The molecule has 0 unspecified atom stereocenters. The van der Waals surface area contributed by atoms with Crippen LogP contribution in [0.4, 0.5) is 0 Å². The number of carbonyl (C=O) groups excluding carboxylic acids is 1.